The maximum absolute atomic E-state index is 13.0. The van der Waals surface area contributed by atoms with Gasteiger partial charge in [0.25, 0.3) is 0 Å². The van der Waals surface area contributed by atoms with Gasteiger partial charge >= 0.3 is 0 Å². The minimum atomic E-state index is -0.468. The molecular formula is C21H22N4O2S3. The maximum atomic E-state index is 13.0. The van der Waals surface area contributed by atoms with Crippen LogP contribution in [-0.2, 0) is 9.59 Å². The summed E-state index contributed by atoms with van der Waals surface area (Å²) in [6.07, 6.45) is 0.905. The van der Waals surface area contributed by atoms with Crippen LogP contribution in [0, 0.1) is 0 Å². The van der Waals surface area contributed by atoms with Crippen LogP contribution in [-0.4, -0.2) is 34.3 Å². The van der Waals surface area contributed by atoms with Crippen molar-refractivity contribution < 1.29 is 9.59 Å². The van der Waals surface area contributed by atoms with Gasteiger partial charge in [0.2, 0.25) is 11.8 Å². The fraction of sp³-hybridized carbons (Fsp3) is 0.238. The van der Waals surface area contributed by atoms with Crippen molar-refractivity contribution in [3.63, 3.8) is 0 Å². The lowest BCUT2D eigenvalue weighted by molar-refractivity contribution is -0.118. The highest BCUT2D eigenvalue weighted by Gasteiger charge is 2.24. The number of carbonyl (C=O) groups is 2. The molecule has 3 rings (SSSR count). The molecule has 6 nitrogen and oxygen atoms in total. The quantitative estimate of drug-likeness (QED) is 0.431. The normalized spacial score (nSPS) is 11.6. The smallest absolute Gasteiger partial charge is 0.242 e. The van der Waals surface area contributed by atoms with Gasteiger partial charge in [0.1, 0.15) is 5.25 Å². The molecule has 0 spiro atoms. The summed E-state index contributed by atoms with van der Waals surface area (Å²) >= 11 is 4.10. The van der Waals surface area contributed by atoms with Crippen molar-refractivity contribution >= 4 is 52.4 Å². The molecule has 2 N–H and O–H groups in total. The van der Waals surface area contributed by atoms with Crippen LogP contribution in [0.25, 0.3) is 0 Å². The van der Waals surface area contributed by atoms with Gasteiger partial charge in [-0.05, 0) is 24.1 Å². The molecule has 0 saturated carbocycles. The zero-order chi connectivity index (χ0) is 21.2. The van der Waals surface area contributed by atoms with E-state index in [1.165, 1.54) is 34.9 Å². The maximum Gasteiger partial charge on any atom is 0.242 e. The molecule has 30 heavy (non-hydrogen) atoms. The highest BCUT2D eigenvalue weighted by atomic mass is 32.2. The van der Waals surface area contributed by atoms with E-state index in [2.05, 4.69) is 20.8 Å². The second-order valence-corrected chi connectivity index (χ2v) is 9.79. The predicted octanol–water partition coefficient (Wildman–Crippen LogP) is 4.63. The van der Waals surface area contributed by atoms with Gasteiger partial charge in [0.15, 0.2) is 8.68 Å². The Morgan fingerprint density at radius 1 is 1.00 bits per heavy atom. The van der Waals surface area contributed by atoms with E-state index in [1.807, 2.05) is 67.6 Å². The molecule has 1 atom stereocenters. The molecule has 1 heterocycles. The first kappa shape index (κ1) is 22.3. The van der Waals surface area contributed by atoms with Gasteiger partial charge in [-0.15, -0.1) is 10.2 Å². The van der Waals surface area contributed by atoms with Crippen molar-refractivity contribution in [1.82, 2.24) is 15.5 Å². The number of thioether (sulfide) groups is 2. The molecule has 3 aromatic rings. The van der Waals surface area contributed by atoms with Crippen LogP contribution in [0.15, 0.2) is 69.3 Å². The SMILES string of the molecule is CCCNC(=O)CSc1nnc(SC(C(=O)Nc2ccccc2)c2ccccc2)s1. The average molecular weight is 459 g/mol. The standard InChI is InChI=1S/C21H22N4O2S3/c1-2-13-22-17(26)14-28-20-24-25-21(30-20)29-18(15-9-5-3-6-10-15)19(27)23-16-11-7-4-8-12-16/h3-12,18H,2,13-14H2,1H3,(H,22,26)(H,23,27). The first-order valence-electron chi connectivity index (χ1n) is 9.46. The minimum Gasteiger partial charge on any atom is -0.355 e. The number of nitrogens with zero attached hydrogens (tertiary/aromatic N) is 2. The number of aromatic nitrogens is 2. The van der Waals surface area contributed by atoms with Gasteiger partial charge in [-0.25, -0.2) is 0 Å². The van der Waals surface area contributed by atoms with E-state index in [0.717, 1.165) is 17.7 Å². The van der Waals surface area contributed by atoms with Crippen molar-refractivity contribution in [1.29, 1.82) is 0 Å². The number of anilines is 1. The Morgan fingerprint density at radius 2 is 1.67 bits per heavy atom. The lowest BCUT2D eigenvalue weighted by Crippen LogP contribution is -2.25. The van der Waals surface area contributed by atoms with Gasteiger partial charge < -0.3 is 10.6 Å². The summed E-state index contributed by atoms with van der Waals surface area (Å²) in [4.78, 5) is 24.8. The van der Waals surface area contributed by atoms with E-state index < -0.39 is 5.25 Å². The highest BCUT2D eigenvalue weighted by Crippen LogP contribution is 2.39. The van der Waals surface area contributed by atoms with Crippen molar-refractivity contribution in [2.75, 3.05) is 17.6 Å². The third-order valence-electron chi connectivity index (χ3n) is 3.89. The van der Waals surface area contributed by atoms with E-state index in [0.29, 0.717) is 21.0 Å². The molecule has 0 aliphatic rings. The Labute approximate surface area is 188 Å². The Balaban J connectivity index is 1.67. The minimum absolute atomic E-state index is 0.0179. The summed E-state index contributed by atoms with van der Waals surface area (Å²) in [7, 11) is 0. The molecule has 0 aliphatic carbocycles. The molecule has 0 bridgehead atoms. The molecule has 156 valence electrons. The molecule has 2 amide bonds. The lowest BCUT2D eigenvalue weighted by Gasteiger charge is -2.15. The van der Waals surface area contributed by atoms with Crippen molar-refractivity contribution in [3.8, 4) is 0 Å². The molecule has 0 fully saturated rings. The molecule has 9 heteroatoms. The summed E-state index contributed by atoms with van der Waals surface area (Å²) in [5.41, 5.74) is 1.63. The molecule has 0 saturated heterocycles. The van der Waals surface area contributed by atoms with E-state index in [9.17, 15) is 9.59 Å². The van der Waals surface area contributed by atoms with Crippen LogP contribution in [0.1, 0.15) is 24.2 Å². The largest absolute Gasteiger partial charge is 0.355 e. The zero-order valence-electron chi connectivity index (χ0n) is 16.4. The number of hydrogen-bond donors (Lipinski definition) is 2. The highest BCUT2D eigenvalue weighted by molar-refractivity contribution is 8.04. The van der Waals surface area contributed by atoms with E-state index >= 15 is 0 Å². The van der Waals surface area contributed by atoms with Crippen molar-refractivity contribution in [2.45, 2.75) is 27.3 Å². The molecule has 0 radical (unpaired) electrons. The molecule has 0 aliphatic heterocycles. The van der Waals surface area contributed by atoms with Gasteiger partial charge in [0.05, 0.1) is 5.75 Å². The van der Waals surface area contributed by atoms with Crippen LogP contribution in [0.5, 0.6) is 0 Å². The molecule has 1 aromatic heterocycles. The van der Waals surface area contributed by atoms with Gasteiger partial charge in [0, 0.05) is 12.2 Å². The summed E-state index contributed by atoms with van der Waals surface area (Å²) in [6.45, 7) is 2.69. The van der Waals surface area contributed by atoms with Crippen molar-refractivity contribution in [3.05, 3.63) is 66.2 Å². The first-order chi connectivity index (χ1) is 14.7. The summed E-state index contributed by atoms with van der Waals surface area (Å²) in [5, 5.41) is 13.7. The summed E-state index contributed by atoms with van der Waals surface area (Å²) < 4.78 is 1.39. The Hall–Kier alpha value is -2.36. The number of carbonyl (C=O) groups excluding carboxylic acids is 2. The average Bonchev–Trinajstić information content (AvgIpc) is 3.23. The van der Waals surface area contributed by atoms with Crippen LogP contribution < -0.4 is 10.6 Å². The van der Waals surface area contributed by atoms with Crippen LogP contribution >= 0.6 is 34.9 Å². The number of amides is 2. The second-order valence-electron chi connectivity index (χ2n) is 6.24. The fourth-order valence-electron chi connectivity index (χ4n) is 2.48. The number of nitrogens with one attached hydrogen (secondary N) is 2. The number of hydrogen-bond acceptors (Lipinski definition) is 7. The van der Waals surface area contributed by atoms with Crippen LogP contribution in [0.3, 0.4) is 0 Å². The lowest BCUT2D eigenvalue weighted by atomic mass is 10.1. The third kappa shape index (κ3) is 6.86. The topological polar surface area (TPSA) is 84.0 Å². The Kier molecular flexibility index (Phi) is 8.73. The van der Waals surface area contributed by atoms with E-state index in [4.69, 9.17) is 0 Å². The number of benzene rings is 2. The predicted molar refractivity (Wildman–Crippen MR) is 124 cm³/mol. The van der Waals surface area contributed by atoms with Crippen LogP contribution in [0.4, 0.5) is 5.69 Å². The van der Waals surface area contributed by atoms with Gasteiger partial charge in [-0.3, -0.25) is 9.59 Å². The zero-order valence-corrected chi connectivity index (χ0v) is 18.9. The third-order valence-corrected chi connectivity index (χ3v) is 7.28. The van der Waals surface area contributed by atoms with E-state index in [-0.39, 0.29) is 11.8 Å². The monoisotopic (exact) mass is 458 g/mol. The molecular weight excluding hydrogens is 436 g/mol. The fourth-order valence-corrected chi connectivity index (χ4v) is 5.52. The van der Waals surface area contributed by atoms with Gasteiger partial charge in [-0.1, -0.05) is 90.3 Å². The Bertz CT molecular complexity index is 951. The number of rotatable bonds is 10. The summed E-state index contributed by atoms with van der Waals surface area (Å²) in [5.74, 6) is 0.159. The number of para-hydroxylation sites is 1. The first-order valence-corrected chi connectivity index (χ1v) is 12.1. The van der Waals surface area contributed by atoms with Gasteiger partial charge in [-0.2, -0.15) is 0 Å². The van der Waals surface area contributed by atoms with E-state index in [1.54, 1.807) is 0 Å². The summed E-state index contributed by atoms with van der Waals surface area (Å²) in [6, 6.07) is 19.0. The molecule has 2 aromatic carbocycles. The molecule has 1 unspecified atom stereocenters. The Morgan fingerprint density at radius 3 is 2.37 bits per heavy atom. The van der Waals surface area contributed by atoms with Crippen molar-refractivity contribution in [2.24, 2.45) is 0 Å². The second kappa shape index (κ2) is 11.7. The van der Waals surface area contributed by atoms with Crippen LogP contribution in [0.2, 0.25) is 0 Å².